The Hall–Kier alpha value is -0.710. The molecule has 0 aromatic heterocycles. The fourth-order valence-corrected chi connectivity index (χ4v) is 3.13. The summed E-state index contributed by atoms with van der Waals surface area (Å²) in [4.78, 5) is 12.1. The summed E-state index contributed by atoms with van der Waals surface area (Å²) in [5.41, 5.74) is -0.373. The zero-order chi connectivity index (χ0) is 14.4. The first-order valence-electron chi connectivity index (χ1n) is 7.01. The van der Waals surface area contributed by atoms with Gasteiger partial charge in [0.15, 0.2) is 5.78 Å². The zero-order valence-corrected chi connectivity index (χ0v) is 11.9. The van der Waals surface area contributed by atoms with Gasteiger partial charge in [-0.15, -0.1) is 0 Å². The van der Waals surface area contributed by atoms with Crippen LogP contribution in [0.5, 0.6) is 0 Å². The summed E-state index contributed by atoms with van der Waals surface area (Å²) in [6.07, 6.45) is -0.407. The average molecular weight is 268 g/mol. The number of Topliss-reactive ketones (excluding diaryl/α,β-unsaturated/α-hetero) is 1. The Labute approximate surface area is 114 Å². The lowest BCUT2D eigenvalue weighted by atomic mass is 9.73. The molecule has 0 radical (unpaired) electrons. The molecule has 1 saturated heterocycles. The standard InChI is InChI=1S/C15H24O4/c1-8(2)7-11(16)12-9(3)10-5-6-15(4,18)14(17)13(10)19-12/h8,10,12-14,17-18H,3,5-7H2,1-2,4H3/t10-,12+,13+,14-,15+/m1/s1. The maximum Gasteiger partial charge on any atom is 0.166 e. The van der Waals surface area contributed by atoms with Crippen LogP contribution in [0.1, 0.15) is 40.0 Å². The lowest BCUT2D eigenvalue weighted by Gasteiger charge is -2.40. The third kappa shape index (κ3) is 2.62. The molecule has 19 heavy (non-hydrogen) atoms. The Bertz CT molecular complexity index is 386. The summed E-state index contributed by atoms with van der Waals surface area (Å²) in [6, 6.07) is 0. The van der Waals surface area contributed by atoms with E-state index in [1.807, 2.05) is 13.8 Å². The molecule has 2 N–H and O–H groups in total. The first kappa shape index (κ1) is 14.7. The Morgan fingerprint density at radius 3 is 2.79 bits per heavy atom. The number of fused-ring (bicyclic) bond motifs is 1. The van der Waals surface area contributed by atoms with E-state index < -0.39 is 23.9 Å². The minimum absolute atomic E-state index is 0.0173. The van der Waals surface area contributed by atoms with E-state index in [9.17, 15) is 15.0 Å². The molecule has 0 bridgehead atoms. The predicted molar refractivity (Wildman–Crippen MR) is 71.6 cm³/mol. The van der Waals surface area contributed by atoms with Crippen LogP contribution in [0.4, 0.5) is 0 Å². The Morgan fingerprint density at radius 1 is 1.58 bits per heavy atom. The first-order valence-corrected chi connectivity index (χ1v) is 7.01. The van der Waals surface area contributed by atoms with Crippen LogP contribution in [-0.2, 0) is 9.53 Å². The van der Waals surface area contributed by atoms with Crippen LogP contribution < -0.4 is 0 Å². The molecular formula is C15H24O4. The van der Waals surface area contributed by atoms with E-state index in [4.69, 9.17) is 4.74 Å². The molecule has 2 fully saturated rings. The van der Waals surface area contributed by atoms with E-state index in [0.717, 1.165) is 5.57 Å². The molecule has 1 heterocycles. The van der Waals surface area contributed by atoms with Crippen molar-refractivity contribution in [3.8, 4) is 0 Å². The average Bonchev–Trinajstić information content (AvgIpc) is 2.61. The van der Waals surface area contributed by atoms with Gasteiger partial charge in [-0.2, -0.15) is 0 Å². The molecule has 0 unspecified atom stereocenters. The summed E-state index contributed by atoms with van der Waals surface area (Å²) in [5, 5.41) is 20.3. The van der Waals surface area contributed by atoms with Gasteiger partial charge in [-0.3, -0.25) is 4.79 Å². The van der Waals surface area contributed by atoms with Gasteiger partial charge in [-0.05, 0) is 31.3 Å². The molecule has 0 amide bonds. The molecule has 1 aliphatic heterocycles. The van der Waals surface area contributed by atoms with Crippen LogP contribution in [-0.4, -0.2) is 39.9 Å². The molecule has 2 rings (SSSR count). The van der Waals surface area contributed by atoms with E-state index in [0.29, 0.717) is 19.3 Å². The second-order valence-electron chi connectivity index (χ2n) is 6.57. The quantitative estimate of drug-likeness (QED) is 0.760. The zero-order valence-electron chi connectivity index (χ0n) is 11.9. The number of ketones is 1. The lowest BCUT2D eigenvalue weighted by molar-refractivity contribution is -0.166. The van der Waals surface area contributed by atoms with E-state index >= 15 is 0 Å². The van der Waals surface area contributed by atoms with Gasteiger partial charge < -0.3 is 14.9 Å². The highest BCUT2D eigenvalue weighted by atomic mass is 16.5. The normalized spacial score (nSPS) is 42.5. The number of hydrogen-bond donors (Lipinski definition) is 2. The van der Waals surface area contributed by atoms with Gasteiger partial charge in [0.1, 0.15) is 12.2 Å². The Morgan fingerprint density at radius 2 is 2.21 bits per heavy atom. The van der Waals surface area contributed by atoms with Crippen molar-refractivity contribution in [2.75, 3.05) is 0 Å². The summed E-state index contributed by atoms with van der Waals surface area (Å²) in [6.45, 7) is 9.58. The second kappa shape index (κ2) is 5.00. The van der Waals surface area contributed by atoms with Gasteiger partial charge >= 0.3 is 0 Å². The summed E-state index contributed by atoms with van der Waals surface area (Å²) in [7, 11) is 0. The van der Waals surface area contributed by atoms with Crippen LogP contribution in [0.15, 0.2) is 12.2 Å². The third-order valence-electron chi connectivity index (χ3n) is 4.31. The van der Waals surface area contributed by atoms with E-state index in [2.05, 4.69) is 6.58 Å². The smallest absolute Gasteiger partial charge is 0.166 e. The number of ether oxygens (including phenoxy) is 1. The molecular weight excluding hydrogens is 244 g/mol. The van der Waals surface area contributed by atoms with Crippen molar-refractivity contribution in [1.29, 1.82) is 0 Å². The monoisotopic (exact) mass is 268 g/mol. The van der Waals surface area contributed by atoms with E-state index in [-0.39, 0.29) is 17.6 Å². The minimum atomic E-state index is -1.14. The molecule has 0 spiro atoms. The van der Waals surface area contributed by atoms with Crippen molar-refractivity contribution >= 4 is 5.78 Å². The van der Waals surface area contributed by atoms with Crippen molar-refractivity contribution < 1.29 is 19.7 Å². The van der Waals surface area contributed by atoms with Crippen molar-refractivity contribution in [2.45, 2.75) is 63.9 Å². The van der Waals surface area contributed by atoms with Crippen molar-refractivity contribution in [1.82, 2.24) is 0 Å². The van der Waals surface area contributed by atoms with Gasteiger partial charge in [-0.1, -0.05) is 20.4 Å². The fourth-order valence-electron chi connectivity index (χ4n) is 3.13. The van der Waals surface area contributed by atoms with E-state index in [1.54, 1.807) is 6.92 Å². The summed E-state index contributed by atoms with van der Waals surface area (Å²) in [5.74, 6) is 0.289. The number of rotatable bonds is 3. The van der Waals surface area contributed by atoms with Crippen LogP contribution in [0.3, 0.4) is 0 Å². The van der Waals surface area contributed by atoms with Crippen LogP contribution >= 0.6 is 0 Å². The molecule has 2 aliphatic rings. The van der Waals surface area contributed by atoms with Crippen LogP contribution in [0, 0.1) is 11.8 Å². The predicted octanol–water partition coefficient (Wildman–Crippen LogP) is 1.45. The molecule has 5 atom stereocenters. The molecule has 1 saturated carbocycles. The Kier molecular flexibility index (Phi) is 3.87. The third-order valence-corrected chi connectivity index (χ3v) is 4.31. The van der Waals surface area contributed by atoms with Crippen molar-refractivity contribution in [3.63, 3.8) is 0 Å². The number of carbonyl (C=O) groups excluding carboxylic acids is 1. The first-order chi connectivity index (χ1) is 8.74. The van der Waals surface area contributed by atoms with Crippen molar-refractivity contribution in [2.24, 2.45) is 11.8 Å². The van der Waals surface area contributed by atoms with Gasteiger partial charge in [-0.25, -0.2) is 0 Å². The highest BCUT2D eigenvalue weighted by Gasteiger charge is 2.53. The molecule has 108 valence electrons. The molecule has 4 heteroatoms. The largest absolute Gasteiger partial charge is 0.387 e. The maximum absolute atomic E-state index is 12.1. The topological polar surface area (TPSA) is 66.8 Å². The number of aliphatic hydroxyl groups is 2. The number of carbonyl (C=O) groups is 1. The maximum atomic E-state index is 12.1. The van der Waals surface area contributed by atoms with E-state index in [1.165, 1.54) is 0 Å². The fraction of sp³-hybridized carbons (Fsp3) is 0.800. The molecule has 0 aromatic carbocycles. The SMILES string of the molecule is C=C1[C@@H](C(=O)CC(C)C)O[C@H]2[C@@H]1CC[C@](C)(O)[C@@H]2O. The molecule has 0 aromatic rings. The van der Waals surface area contributed by atoms with Crippen molar-refractivity contribution in [3.05, 3.63) is 12.2 Å². The molecule has 4 nitrogen and oxygen atoms in total. The summed E-state index contributed by atoms with van der Waals surface area (Å²) >= 11 is 0. The highest BCUT2D eigenvalue weighted by Crippen LogP contribution is 2.44. The van der Waals surface area contributed by atoms with Crippen LogP contribution in [0.2, 0.25) is 0 Å². The van der Waals surface area contributed by atoms with Gasteiger partial charge in [0.25, 0.3) is 0 Å². The highest BCUT2D eigenvalue weighted by molar-refractivity contribution is 5.86. The number of aliphatic hydroxyl groups excluding tert-OH is 1. The van der Waals surface area contributed by atoms with Crippen LogP contribution in [0.25, 0.3) is 0 Å². The number of hydrogen-bond acceptors (Lipinski definition) is 4. The lowest BCUT2D eigenvalue weighted by Crippen LogP contribution is -2.53. The summed E-state index contributed by atoms with van der Waals surface area (Å²) < 4.78 is 5.73. The minimum Gasteiger partial charge on any atom is -0.387 e. The second-order valence-corrected chi connectivity index (χ2v) is 6.57. The Balaban J connectivity index is 2.13. The van der Waals surface area contributed by atoms with Gasteiger partial charge in [0.05, 0.1) is 11.7 Å². The van der Waals surface area contributed by atoms with Gasteiger partial charge in [0.2, 0.25) is 0 Å². The van der Waals surface area contributed by atoms with Gasteiger partial charge in [0, 0.05) is 12.3 Å². The molecule has 1 aliphatic carbocycles.